The van der Waals surface area contributed by atoms with Crippen LogP contribution >= 0.6 is 0 Å². The molecule has 19 heavy (non-hydrogen) atoms. The largest absolute Gasteiger partial charge is 0.485 e. The lowest BCUT2D eigenvalue weighted by atomic mass is 10.3. The molecule has 3 saturated heterocycles. The fourth-order valence-corrected chi connectivity index (χ4v) is 1.85. The average Bonchev–Trinajstić information content (AvgIpc) is 3.26. The molecule has 106 valence electrons. The fraction of sp³-hybridized carbons (Fsp3) is 0.769. The number of carbonyl (C=O) groups is 1. The standard InChI is InChI=1S/C13H19NO5/c1-2-12(19-8-11-7-18-11)13(15)14(3-9-5-16-9)4-10-6-17-10/h2,9-11H,3-8H2,1H3/b12-2-. The van der Waals surface area contributed by atoms with Crippen LogP contribution in [0.15, 0.2) is 11.8 Å². The predicted molar refractivity (Wildman–Crippen MR) is 65.5 cm³/mol. The molecule has 0 bridgehead atoms. The minimum absolute atomic E-state index is 0.0887. The molecular weight excluding hydrogens is 250 g/mol. The van der Waals surface area contributed by atoms with Gasteiger partial charge < -0.3 is 23.8 Å². The number of rotatable bonds is 8. The number of hydrogen-bond acceptors (Lipinski definition) is 5. The third kappa shape index (κ3) is 3.92. The summed E-state index contributed by atoms with van der Waals surface area (Å²) in [5.41, 5.74) is 0. The summed E-state index contributed by atoms with van der Waals surface area (Å²) in [7, 11) is 0. The van der Waals surface area contributed by atoms with E-state index in [4.69, 9.17) is 18.9 Å². The highest BCUT2D eigenvalue weighted by Gasteiger charge is 2.34. The quantitative estimate of drug-likeness (QED) is 0.350. The summed E-state index contributed by atoms with van der Waals surface area (Å²) >= 11 is 0. The van der Waals surface area contributed by atoms with Crippen LogP contribution in [0.4, 0.5) is 0 Å². The first kappa shape index (κ1) is 12.9. The normalized spacial score (nSPS) is 31.8. The van der Waals surface area contributed by atoms with E-state index in [-0.39, 0.29) is 24.2 Å². The third-order valence-electron chi connectivity index (χ3n) is 3.24. The lowest BCUT2D eigenvalue weighted by molar-refractivity contribution is -0.131. The summed E-state index contributed by atoms with van der Waals surface area (Å²) in [6.45, 7) is 5.66. The van der Waals surface area contributed by atoms with E-state index >= 15 is 0 Å². The Balaban J connectivity index is 1.55. The van der Waals surface area contributed by atoms with E-state index in [1.807, 2.05) is 0 Å². The van der Waals surface area contributed by atoms with Gasteiger partial charge in [-0.3, -0.25) is 4.79 Å². The predicted octanol–water partition coefficient (Wildman–Crippen LogP) is -0.0682. The molecule has 6 nitrogen and oxygen atoms in total. The number of ether oxygens (including phenoxy) is 4. The van der Waals surface area contributed by atoms with Gasteiger partial charge in [0, 0.05) is 13.1 Å². The van der Waals surface area contributed by atoms with E-state index in [2.05, 4.69) is 0 Å². The van der Waals surface area contributed by atoms with E-state index in [0.717, 1.165) is 19.8 Å². The number of nitrogens with zero attached hydrogens (tertiary/aromatic N) is 1. The van der Waals surface area contributed by atoms with Gasteiger partial charge in [-0.05, 0) is 13.0 Å². The second kappa shape index (κ2) is 5.48. The molecule has 0 N–H and O–H groups in total. The van der Waals surface area contributed by atoms with E-state index in [1.165, 1.54) is 0 Å². The number of allylic oxidation sites excluding steroid dienone is 1. The van der Waals surface area contributed by atoms with Gasteiger partial charge in [-0.15, -0.1) is 0 Å². The van der Waals surface area contributed by atoms with Crippen LogP contribution in [-0.4, -0.2) is 68.6 Å². The van der Waals surface area contributed by atoms with Gasteiger partial charge in [-0.2, -0.15) is 0 Å². The first-order valence-corrected chi connectivity index (χ1v) is 6.69. The Morgan fingerprint density at radius 3 is 2.11 bits per heavy atom. The van der Waals surface area contributed by atoms with Crippen molar-refractivity contribution in [3.63, 3.8) is 0 Å². The molecule has 0 radical (unpaired) electrons. The Hall–Kier alpha value is -1.11. The van der Waals surface area contributed by atoms with Gasteiger partial charge in [0.1, 0.15) is 12.7 Å². The Bertz CT molecular complexity index is 357. The van der Waals surface area contributed by atoms with Crippen molar-refractivity contribution in [2.75, 3.05) is 39.5 Å². The first-order chi connectivity index (χ1) is 9.26. The molecule has 0 aromatic rings. The molecule has 6 heteroatoms. The zero-order valence-electron chi connectivity index (χ0n) is 11.0. The van der Waals surface area contributed by atoms with Crippen LogP contribution in [0.25, 0.3) is 0 Å². The average molecular weight is 269 g/mol. The second-order valence-electron chi connectivity index (χ2n) is 5.04. The van der Waals surface area contributed by atoms with Crippen molar-refractivity contribution >= 4 is 5.91 Å². The molecule has 0 aromatic carbocycles. The van der Waals surface area contributed by atoms with Crippen molar-refractivity contribution in [1.82, 2.24) is 4.90 Å². The second-order valence-corrected chi connectivity index (χ2v) is 5.04. The Kier molecular flexibility index (Phi) is 3.72. The highest BCUT2D eigenvalue weighted by Crippen LogP contribution is 2.19. The molecule has 1 amide bonds. The lowest BCUT2D eigenvalue weighted by Gasteiger charge is -2.22. The van der Waals surface area contributed by atoms with Crippen molar-refractivity contribution in [3.05, 3.63) is 11.8 Å². The Labute approximate surface area is 112 Å². The maximum Gasteiger partial charge on any atom is 0.288 e. The fourth-order valence-electron chi connectivity index (χ4n) is 1.85. The minimum Gasteiger partial charge on any atom is -0.485 e. The molecule has 0 aliphatic carbocycles. The third-order valence-corrected chi connectivity index (χ3v) is 3.24. The van der Waals surface area contributed by atoms with E-state index in [0.29, 0.717) is 25.5 Å². The SMILES string of the molecule is C/C=C(\OCC1CO1)C(=O)N(CC1CO1)CC1CO1. The summed E-state index contributed by atoms with van der Waals surface area (Å²) in [6.07, 6.45) is 2.20. The van der Waals surface area contributed by atoms with Crippen molar-refractivity contribution in [2.24, 2.45) is 0 Å². The van der Waals surface area contributed by atoms with Crippen LogP contribution in [0.1, 0.15) is 6.92 Å². The van der Waals surface area contributed by atoms with E-state index in [9.17, 15) is 4.79 Å². The summed E-state index contributed by atoms with van der Waals surface area (Å²) in [4.78, 5) is 14.2. The number of epoxide rings is 3. The van der Waals surface area contributed by atoms with Crippen LogP contribution in [0, 0.1) is 0 Å². The smallest absolute Gasteiger partial charge is 0.288 e. The van der Waals surface area contributed by atoms with Crippen LogP contribution in [-0.2, 0) is 23.7 Å². The molecule has 0 aromatic heterocycles. The van der Waals surface area contributed by atoms with Gasteiger partial charge >= 0.3 is 0 Å². The van der Waals surface area contributed by atoms with E-state index in [1.54, 1.807) is 17.9 Å². The van der Waals surface area contributed by atoms with Crippen molar-refractivity contribution in [3.8, 4) is 0 Å². The van der Waals surface area contributed by atoms with Gasteiger partial charge in [0.25, 0.3) is 5.91 Å². The van der Waals surface area contributed by atoms with Gasteiger partial charge in [-0.1, -0.05) is 0 Å². The molecular formula is C13H19NO5. The maximum atomic E-state index is 12.4. The van der Waals surface area contributed by atoms with Crippen molar-refractivity contribution < 1.29 is 23.7 Å². The van der Waals surface area contributed by atoms with Crippen LogP contribution in [0.5, 0.6) is 0 Å². The first-order valence-electron chi connectivity index (χ1n) is 6.69. The number of carbonyl (C=O) groups excluding carboxylic acids is 1. The van der Waals surface area contributed by atoms with E-state index < -0.39 is 0 Å². The highest BCUT2D eigenvalue weighted by atomic mass is 16.6. The van der Waals surface area contributed by atoms with Gasteiger partial charge in [0.15, 0.2) is 5.76 Å². The molecule has 3 aliphatic heterocycles. The monoisotopic (exact) mass is 269 g/mol. The Morgan fingerprint density at radius 2 is 1.68 bits per heavy atom. The van der Waals surface area contributed by atoms with Gasteiger partial charge in [0.2, 0.25) is 0 Å². The van der Waals surface area contributed by atoms with Gasteiger partial charge in [-0.25, -0.2) is 0 Å². The zero-order valence-corrected chi connectivity index (χ0v) is 11.0. The molecule has 3 fully saturated rings. The van der Waals surface area contributed by atoms with Crippen molar-refractivity contribution in [1.29, 1.82) is 0 Å². The van der Waals surface area contributed by atoms with Crippen LogP contribution < -0.4 is 0 Å². The molecule has 3 rings (SSSR count). The van der Waals surface area contributed by atoms with Gasteiger partial charge in [0.05, 0.1) is 32.0 Å². The molecule has 3 unspecified atom stereocenters. The number of amides is 1. The molecule has 3 heterocycles. The topological polar surface area (TPSA) is 67.1 Å². The lowest BCUT2D eigenvalue weighted by Crippen LogP contribution is -2.38. The highest BCUT2D eigenvalue weighted by molar-refractivity contribution is 5.91. The zero-order chi connectivity index (χ0) is 13.2. The summed E-state index contributed by atoms with van der Waals surface area (Å²) < 4.78 is 21.0. The molecule has 0 spiro atoms. The minimum atomic E-state index is -0.0887. The number of hydrogen-bond donors (Lipinski definition) is 0. The maximum absolute atomic E-state index is 12.4. The summed E-state index contributed by atoms with van der Waals surface area (Å²) in [5, 5.41) is 0. The molecule has 3 atom stereocenters. The summed E-state index contributed by atoms with van der Waals surface area (Å²) in [6, 6.07) is 0. The van der Waals surface area contributed by atoms with Crippen molar-refractivity contribution in [2.45, 2.75) is 25.2 Å². The molecule has 0 saturated carbocycles. The molecule has 3 aliphatic rings. The van der Waals surface area contributed by atoms with Crippen LogP contribution in [0.3, 0.4) is 0 Å². The summed E-state index contributed by atoms with van der Waals surface area (Å²) in [5.74, 6) is 0.297. The Morgan fingerprint density at radius 1 is 1.16 bits per heavy atom. The van der Waals surface area contributed by atoms with Crippen LogP contribution in [0.2, 0.25) is 0 Å².